The molecule has 174 valence electrons. The third-order valence-electron chi connectivity index (χ3n) is 6.12. The minimum atomic E-state index is -0.422. The molecule has 2 aromatic heterocycles. The van der Waals surface area contributed by atoms with Crippen molar-refractivity contribution in [3.63, 3.8) is 0 Å². The van der Waals surface area contributed by atoms with E-state index in [1.54, 1.807) is 17.8 Å². The number of hydrogen-bond donors (Lipinski definition) is 2. The Morgan fingerprint density at radius 2 is 1.97 bits per heavy atom. The summed E-state index contributed by atoms with van der Waals surface area (Å²) in [6, 6.07) is 18.0. The van der Waals surface area contributed by atoms with Gasteiger partial charge in [0, 0.05) is 22.6 Å². The maximum atomic E-state index is 11.7. The van der Waals surface area contributed by atoms with E-state index in [0.717, 1.165) is 44.6 Å². The van der Waals surface area contributed by atoms with Gasteiger partial charge in [-0.25, -0.2) is 9.50 Å². The first kappa shape index (κ1) is 22.8. The number of imidazole rings is 1. The number of carbonyl (C=O) groups is 1. The van der Waals surface area contributed by atoms with E-state index < -0.39 is 5.91 Å². The van der Waals surface area contributed by atoms with Crippen molar-refractivity contribution in [2.45, 2.75) is 29.7 Å². The van der Waals surface area contributed by atoms with Crippen molar-refractivity contribution in [2.75, 3.05) is 23.4 Å². The van der Waals surface area contributed by atoms with Crippen molar-refractivity contribution >= 4 is 40.8 Å². The number of aryl methyl sites for hydroxylation is 1. The van der Waals surface area contributed by atoms with E-state index in [1.165, 1.54) is 24.3 Å². The summed E-state index contributed by atoms with van der Waals surface area (Å²) in [6.07, 6.45) is 4.34. The summed E-state index contributed by atoms with van der Waals surface area (Å²) < 4.78 is 1.91. The Labute approximate surface area is 207 Å². The quantitative estimate of drug-likeness (QED) is 0.356. The van der Waals surface area contributed by atoms with E-state index in [-0.39, 0.29) is 0 Å². The van der Waals surface area contributed by atoms with Crippen molar-refractivity contribution in [1.82, 2.24) is 14.6 Å². The van der Waals surface area contributed by atoms with Gasteiger partial charge < -0.3 is 11.1 Å². The zero-order chi connectivity index (χ0) is 23.5. The highest BCUT2D eigenvalue weighted by Crippen LogP contribution is 2.32. The van der Waals surface area contributed by atoms with Crippen molar-refractivity contribution < 1.29 is 4.79 Å². The highest BCUT2D eigenvalue weighted by atomic mass is 32.2. The lowest BCUT2D eigenvalue weighted by atomic mass is 10.0. The highest BCUT2D eigenvalue weighted by Gasteiger charge is 2.18. The van der Waals surface area contributed by atoms with Crippen LogP contribution in [0.25, 0.3) is 16.9 Å². The van der Waals surface area contributed by atoms with Crippen LogP contribution >= 0.6 is 23.5 Å². The molecule has 0 atom stereocenters. The van der Waals surface area contributed by atoms with Crippen LogP contribution in [-0.4, -0.2) is 38.6 Å². The van der Waals surface area contributed by atoms with Crippen LogP contribution in [-0.2, 0) is 0 Å². The molecular weight excluding hydrogens is 462 g/mol. The molecule has 0 spiro atoms. The van der Waals surface area contributed by atoms with Crippen LogP contribution in [0.2, 0.25) is 0 Å². The predicted molar refractivity (Wildman–Crippen MR) is 141 cm³/mol. The van der Waals surface area contributed by atoms with Gasteiger partial charge in [-0.15, -0.1) is 0 Å². The van der Waals surface area contributed by atoms with Gasteiger partial charge in [0.1, 0.15) is 5.03 Å². The fourth-order valence-corrected chi connectivity index (χ4v) is 6.27. The minimum Gasteiger partial charge on any atom is -0.382 e. The number of amides is 1. The molecule has 0 saturated carbocycles. The van der Waals surface area contributed by atoms with E-state index >= 15 is 0 Å². The minimum absolute atomic E-state index is 0.422. The number of hydrogen-bond acceptors (Lipinski definition) is 6. The summed E-state index contributed by atoms with van der Waals surface area (Å²) in [7, 11) is 0. The van der Waals surface area contributed by atoms with Gasteiger partial charge in [-0.1, -0.05) is 36.0 Å². The second-order valence-electron chi connectivity index (χ2n) is 8.52. The lowest BCUT2D eigenvalue weighted by Gasteiger charge is -2.22. The second-order valence-corrected chi connectivity index (χ2v) is 10.8. The molecule has 0 aliphatic carbocycles. The Balaban J connectivity index is 1.54. The number of nitrogens with one attached hydrogen (secondary N) is 1. The molecule has 5 rings (SSSR count). The van der Waals surface area contributed by atoms with Gasteiger partial charge >= 0.3 is 0 Å². The molecule has 1 aliphatic rings. The number of rotatable bonds is 7. The standard InChI is InChI=1S/C26H27N5OS2/c1-17-13-19(7-8-21(17)25(27)32)23-16-29-26-22(28-15-18-9-11-33-12-10-18)14-24(30-31(23)26)34-20-5-3-2-4-6-20/h2-8,13-14,16,18,28H,9-12,15H2,1H3,(H2,27,32). The molecule has 4 aromatic rings. The number of aromatic nitrogens is 3. The lowest BCUT2D eigenvalue weighted by Crippen LogP contribution is -2.19. The first-order valence-electron chi connectivity index (χ1n) is 11.4. The first-order chi connectivity index (χ1) is 16.6. The summed E-state index contributed by atoms with van der Waals surface area (Å²) in [4.78, 5) is 17.5. The van der Waals surface area contributed by atoms with Crippen LogP contribution < -0.4 is 11.1 Å². The molecule has 3 N–H and O–H groups in total. The van der Waals surface area contributed by atoms with Crippen molar-refractivity contribution in [3.05, 3.63) is 71.9 Å². The third-order valence-corrected chi connectivity index (χ3v) is 8.09. The fraction of sp³-hybridized carbons (Fsp3) is 0.269. The second kappa shape index (κ2) is 10.1. The zero-order valence-electron chi connectivity index (χ0n) is 19.0. The molecule has 6 nitrogen and oxygen atoms in total. The smallest absolute Gasteiger partial charge is 0.248 e. The van der Waals surface area contributed by atoms with Crippen LogP contribution in [0.1, 0.15) is 28.8 Å². The number of nitrogens with zero attached hydrogens (tertiary/aromatic N) is 3. The van der Waals surface area contributed by atoms with Crippen molar-refractivity contribution in [3.8, 4) is 11.3 Å². The number of nitrogens with two attached hydrogens (primary N) is 1. The van der Waals surface area contributed by atoms with E-state index in [9.17, 15) is 4.79 Å². The molecule has 3 heterocycles. The maximum Gasteiger partial charge on any atom is 0.248 e. The molecule has 0 radical (unpaired) electrons. The van der Waals surface area contributed by atoms with E-state index in [2.05, 4.69) is 23.5 Å². The van der Waals surface area contributed by atoms with Crippen LogP contribution in [0, 0.1) is 12.8 Å². The topological polar surface area (TPSA) is 85.3 Å². The molecule has 8 heteroatoms. The Bertz CT molecular complexity index is 1320. The average Bonchev–Trinajstić information content (AvgIpc) is 3.27. The Morgan fingerprint density at radius 1 is 1.18 bits per heavy atom. The molecule has 2 aromatic carbocycles. The summed E-state index contributed by atoms with van der Waals surface area (Å²) >= 11 is 3.68. The first-order valence-corrected chi connectivity index (χ1v) is 13.4. The van der Waals surface area contributed by atoms with Gasteiger partial charge in [-0.3, -0.25) is 4.79 Å². The van der Waals surface area contributed by atoms with Gasteiger partial charge in [0.05, 0.1) is 17.6 Å². The van der Waals surface area contributed by atoms with Crippen LogP contribution in [0.5, 0.6) is 0 Å². The molecule has 1 fully saturated rings. The monoisotopic (exact) mass is 489 g/mol. The Morgan fingerprint density at radius 3 is 2.71 bits per heavy atom. The van der Waals surface area contributed by atoms with Crippen molar-refractivity contribution in [2.24, 2.45) is 11.7 Å². The van der Waals surface area contributed by atoms with E-state index in [4.69, 9.17) is 15.8 Å². The SMILES string of the molecule is Cc1cc(-c2cnc3c(NCC4CCSCC4)cc(Sc4ccccc4)nn23)ccc1C(N)=O. The zero-order valence-corrected chi connectivity index (χ0v) is 20.7. The average molecular weight is 490 g/mol. The van der Waals surface area contributed by atoms with Crippen molar-refractivity contribution in [1.29, 1.82) is 0 Å². The summed E-state index contributed by atoms with van der Waals surface area (Å²) in [5.41, 5.74) is 10.5. The van der Waals surface area contributed by atoms with Crippen LogP contribution in [0.4, 0.5) is 5.69 Å². The maximum absolute atomic E-state index is 11.7. The van der Waals surface area contributed by atoms with Crippen LogP contribution in [0.15, 0.2) is 70.7 Å². The Kier molecular flexibility index (Phi) is 6.78. The Hall–Kier alpha value is -2.97. The number of fused-ring (bicyclic) bond motifs is 1. The summed E-state index contributed by atoms with van der Waals surface area (Å²) in [6.45, 7) is 2.83. The number of benzene rings is 2. The van der Waals surface area contributed by atoms with Gasteiger partial charge in [0.25, 0.3) is 0 Å². The molecule has 0 unspecified atom stereocenters. The number of anilines is 1. The van der Waals surface area contributed by atoms with Crippen LogP contribution in [0.3, 0.4) is 0 Å². The highest BCUT2D eigenvalue weighted by molar-refractivity contribution is 7.99. The summed E-state index contributed by atoms with van der Waals surface area (Å²) in [5, 5.41) is 9.50. The van der Waals surface area contributed by atoms with Gasteiger partial charge in [0.15, 0.2) is 5.65 Å². The van der Waals surface area contributed by atoms with Gasteiger partial charge in [0.2, 0.25) is 5.91 Å². The normalized spacial score (nSPS) is 14.4. The number of carbonyl (C=O) groups excluding carboxylic acids is 1. The molecule has 1 amide bonds. The van der Waals surface area contributed by atoms with Gasteiger partial charge in [-0.2, -0.15) is 16.9 Å². The molecule has 1 saturated heterocycles. The third kappa shape index (κ3) is 4.93. The number of primary amides is 1. The van der Waals surface area contributed by atoms with Gasteiger partial charge in [-0.05, 0) is 73.1 Å². The molecular formula is C26H27N5OS2. The summed E-state index contributed by atoms with van der Waals surface area (Å²) in [5.74, 6) is 2.73. The van der Waals surface area contributed by atoms with E-state index in [0.29, 0.717) is 11.5 Å². The lowest BCUT2D eigenvalue weighted by molar-refractivity contribution is 0.0999. The molecule has 34 heavy (non-hydrogen) atoms. The fourth-order valence-electron chi connectivity index (χ4n) is 4.24. The molecule has 1 aliphatic heterocycles. The van der Waals surface area contributed by atoms with E-state index in [1.807, 2.05) is 59.7 Å². The largest absolute Gasteiger partial charge is 0.382 e. The number of thioether (sulfide) groups is 1. The molecule has 0 bridgehead atoms. The predicted octanol–water partition coefficient (Wildman–Crippen LogP) is 5.51.